The second-order valence-corrected chi connectivity index (χ2v) is 5.49. The van der Waals surface area contributed by atoms with Crippen LogP contribution in [-0.2, 0) is 17.6 Å². The molecule has 1 aliphatic rings. The molecular weight excluding hydrogens is 266 g/mol. The number of rotatable bonds is 2. The Bertz CT molecular complexity index is 741. The van der Waals surface area contributed by atoms with Crippen LogP contribution in [0.25, 0.3) is 16.3 Å². The van der Waals surface area contributed by atoms with Gasteiger partial charge in [0, 0.05) is 17.0 Å². The maximum atomic E-state index is 12.0. The Labute approximate surface area is 112 Å². The monoisotopic (exact) mass is 277 g/mol. The fourth-order valence-electron chi connectivity index (χ4n) is 2.32. The first kappa shape index (κ1) is 12.1. The first-order valence-electron chi connectivity index (χ1n) is 6.01. The average molecular weight is 277 g/mol. The summed E-state index contributed by atoms with van der Waals surface area (Å²) in [6.07, 6.45) is 6.20. The van der Waals surface area contributed by atoms with Crippen LogP contribution in [0, 0.1) is 0 Å². The van der Waals surface area contributed by atoms with E-state index in [0.29, 0.717) is 10.2 Å². The van der Waals surface area contributed by atoms with Gasteiger partial charge < -0.3 is 9.52 Å². The number of hydrogen-bond donors (Lipinski definition) is 1. The predicted octanol–water partition coefficient (Wildman–Crippen LogP) is 2.23. The highest BCUT2D eigenvalue weighted by atomic mass is 32.1. The first-order chi connectivity index (χ1) is 9.15. The molecule has 0 fully saturated rings. The third-order valence-corrected chi connectivity index (χ3v) is 4.32. The van der Waals surface area contributed by atoms with Crippen LogP contribution in [0.2, 0.25) is 0 Å². The van der Waals surface area contributed by atoms with E-state index in [9.17, 15) is 9.59 Å². The largest absolute Gasteiger partial charge is 0.478 e. The molecule has 5 nitrogen and oxygen atoms in total. The lowest BCUT2D eigenvalue weighted by Crippen LogP contribution is -2.06. The van der Waals surface area contributed by atoms with E-state index in [1.807, 2.05) is 0 Å². The van der Waals surface area contributed by atoms with Crippen LogP contribution in [0.3, 0.4) is 0 Å². The number of aryl methyl sites for hydroxylation is 2. The zero-order valence-electron chi connectivity index (χ0n) is 10.0. The Kier molecular flexibility index (Phi) is 2.94. The van der Waals surface area contributed by atoms with Crippen molar-refractivity contribution in [3.63, 3.8) is 0 Å². The molecule has 2 aromatic heterocycles. The number of hydrogen-bond acceptors (Lipinski definition) is 5. The molecule has 0 radical (unpaired) electrons. The van der Waals surface area contributed by atoms with Crippen molar-refractivity contribution in [1.29, 1.82) is 0 Å². The van der Waals surface area contributed by atoms with Crippen LogP contribution in [0.15, 0.2) is 15.3 Å². The fraction of sp³-hybridized carbons (Fsp3) is 0.308. The van der Waals surface area contributed by atoms with E-state index in [1.165, 1.54) is 22.3 Å². The van der Waals surface area contributed by atoms with E-state index in [-0.39, 0.29) is 5.89 Å². The normalized spacial score (nSPS) is 14.9. The van der Waals surface area contributed by atoms with Gasteiger partial charge in [-0.3, -0.25) is 0 Å². The fourth-order valence-corrected chi connectivity index (χ4v) is 3.57. The van der Waals surface area contributed by atoms with Crippen molar-refractivity contribution in [2.24, 2.45) is 0 Å². The van der Waals surface area contributed by atoms with Crippen LogP contribution < -0.4 is 5.63 Å². The van der Waals surface area contributed by atoms with E-state index >= 15 is 0 Å². The number of carboxylic acids is 1. The Hall–Kier alpha value is -1.95. The molecule has 1 aliphatic carbocycles. The van der Waals surface area contributed by atoms with Gasteiger partial charge in [0.1, 0.15) is 10.2 Å². The number of carboxylic acid groups (broad SMARTS) is 1. The second-order valence-electron chi connectivity index (χ2n) is 4.40. The highest BCUT2D eigenvalue weighted by Crippen LogP contribution is 2.33. The lowest BCUT2D eigenvalue weighted by Gasteiger charge is -2.09. The third kappa shape index (κ3) is 2.19. The van der Waals surface area contributed by atoms with Gasteiger partial charge in [0.2, 0.25) is 5.89 Å². The molecule has 19 heavy (non-hydrogen) atoms. The van der Waals surface area contributed by atoms with Crippen molar-refractivity contribution < 1.29 is 14.3 Å². The number of nitrogens with zero attached hydrogens (tertiary/aromatic N) is 1. The predicted molar refractivity (Wildman–Crippen MR) is 71.5 cm³/mol. The van der Waals surface area contributed by atoms with Crippen LogP contribution in [0.1, 0.15) is 29.2 Å². The first-order valence-corrected chi connectivity index (χ1v) is 6.83. The van der Waals surface area contributed by atoms with Crippen molar-refractivity contribution >= 4 is 33.6 Å². The van der Waals surface area contributed by atoms with Crippen molar-refractivity contribution in [2.75, 3.05) is 0 Å². The molecule has 98 valence electrons. The summed E-state index contributed by atoms with van der Waals surface area (Å²) in [6.45, 7) is 0. The summed E-state index contributed by atoms with van der Waals surface area (Å²) < 4.78 is 5.06. The van der Waals surface area contributed by atoms with Gasteiger partial charge in [-0.05, 0) is 31.2 Å². The Balaban J connectivity index is 2.17. The summed E-state index contributed by atoms with van der Waals surface area (Å²) in [6, 6.07) is 0. The Morgan fingerprint density at radius 2 is 2.16 bits per heavy atom. The minimum Gasteiger partial charge on any atom is -0.478 e. The zero-order valence-corrected chi connectivity index (χ0v) is 10.8. The molecule has 0 aromatic carbocycles. The smallest absolute Gasteiger partial charge is 0.348 e. The summed E-state index contributed by atoms with van der Waals surface area (Å²) in [4.78, 5) is 28.5. The van der Waals surface area contributed by atoms with Gasteiger partial charge >= 0.3 is 11.6 Å². The lowest BCUT2D eigenvalue weighted by atomic mass is 9.97. The maximum Gasteiger partial charge on any atom is 0.348 e. The summed E-state index contributed by atoms with van der Waals surface area (Å²) in [5.74, 6) is -1.06. The second kappa shape index (κ2) is 4.62. The molecule has 0 bridgehead atoms. The number of aliphatic carboxylic acids is 1. The molecule has 0 aliphatic heterocycles. The minimum absolute atomic E-state index is 0.0403. The molecule has 0 atom stereocenters. The van der Waals surface area contributed by atoms with Crippen LogP contribution >= 0.6 is 11.3 Å². The van der Waals surface area contributed by atoms with E-state index in [4.69, 9.17) is 9.52 Å². The summed E-state index contributed by atoms with van der Waals surface area (Å²) in [5, 5.41) is 9.13. The average Bonchev–Trinajstić information content (AvgIpc) is 2.74. The molecule has 0 amide bonds. The van der Waals surface area contributed by atoms with Gasteiger partial charge in [-0.25, -0.2) is 14.6 Å². The van der Waals surface area contributed by atoms with Crippen LogP contribution in [0.5, 0.6) is 0 Å². The minimum atomic E-state index is -1.10. The molecular formula is C13H11NO4S. The topological polar surface area (TPSA) is 80.4 Å². The highest BCUT2D eigenvalue weighted by Gasteiger charge is 2.20. The van der Waals surface area contributed by atoms with Crippen molar-refractivity contribution in [3.8, 4) is 0 Å². The quantitative estimate of drug-likeness (QED) is 0.851. The number of aromatic nitrogens is 1. The Morgan fingerprint density at radius 1 is 1.37 bits per heavy atom. The van der Waals surface area contributed by atoms with E-state index in [0.717, 1.165) is 37.3 Å². The molecule has 1 N–H and O–H groups in total. The zero-order chi connectivity index (χ0) is 13.4. The Morgan fingerprint density at radius 3 is 2.95 bits per heavy atom. The van der Waals surface area contributed by atoms with Gasteiger partial charge in [-0.15, -0.1) is 11.3 Å². The summed E-state index contributed by atoms with van der Waals surface area (Å²) in [5.41, 5.74) is 0.649. The molecule has 0 unspecified atom stereocenters. The number of carbonyl (C=O) groups is 1. The van der Waals surface area contributed by atoms with Gasteiger partial charge in [-0.2, -0.15) is 0 Å². The van der Waals surface area contributed by atoms with Gasteiger partial charge in [0.15, 0.2) is 0 Å². The summed E-state index contributed by atoms with van der Waals surface area (Å²) in [7, 11) is 0. The molecule has 2 heterocycles. The lowest BCUT2D eigenvalue weighted by molar-refractivity contribution is -0.131. The maximum absolute atomic E-state index is 12.0. The molecule has 3 rings (SSSR count). The molecule has 0 spiro atoms. The number of thiophene rings is 1. The SMILES string of the molecule is O=C(O)C=Cc1nc2sc3c(c2c(=O)o1)CCCC3. The van der Waals surface area contributed by atoms with Gasteiger partial charge in [0.25, 0.3) is 0 Å². The van der Waals surface area contributed by atoms with Crippen molar-refractivity contribution in [3.05, 3.63) is 32.8 Å². The van der Waals surface area contributed by atoms with E-state index in [2.05, 4.69) is 4.98 Å². The van der Waals surface area contributed by atoms with Crippen LogP contribution in [-0.4, -0.2) is 16.1 Å². The van der Waals surface area contributed by atoms with Gasteiger partial charge in [0.05, 0.1) is 0 Å². The standard InChI is InChI=1S/C13H11NO4S/c15-10(16)6-5-9-14-12-11(13(17)18-9)7-3-1-2-4-8(7)19-12/h5-6H,1-4H2,(H,15,16). The molecule has 6 heteroatoms. The van der Waals surface area contributed by atoms with Gasteiger partial charge in [-0.1, -0.05) is 0 Å². The molecule has 0 saturated heterocycles. The van der Waals surface area contributed by atoms with E-state index < -0.39 is 11.6 Å². The number of fused-ring (bicyclic) bond motifs is 3. The molecule has 2 aromatic rings. The van der Waals surface area contributed by atoms with Crippen molar-refractivity contribution in [1.82, 2.24) is 4.98 Å². The van der Waals surface area contributed by atoms with Crippen molar-refractivity contribution in [2.45, 2.75) is 25.7 Å². The van der Waals surface area contributed by atoms with Crippen LogP contribution in [0.4, 0.5) is 0 Å². The molecule has 0 saturated carbocycles. The van der Waals surface area contributed by atoms with E-state index in [1.54, 1.807) is 0 Å². The highest BCUT2D eigenvalue weighted by molar-refractivity contribution is 7.18. The summed E-state index contributed by atoms with van der Waals surface area (Å²) >= 11 is 1.51. The third-order valence-electron chi connectivity index (χ3n) is 3.13.